The van der Waals surface area contributed by atoms with Crippen LogP contribution in [0.15, 0.2) is 24.3 Å². The Bertz CT molecular complexity index is 371. The molecule has 2 rings (SSSR count). The molecule has 1 aliphatic rings. The quantitative estimate of drug-likeness (QED) is 0.815. The standard InChI is InChI=1S/C11H11ClO2/c1-11(6-9(11)10(13)14)7-2-4-8(12)5-3-7/h2-5,9H,6H2,1H3,(H,13,14). The number of aliphatic carboxylic acids is 1. The molecule has 3 heteroatoms. The Labute approximate surface area is 87.5 Å². The van der Waals surface area contributed by atoms with E-state index in [1.54, 1.807) is 12.1 Å². The van der Waals surface area contributed by atoms with Crippen molar-refractivity contribution < 1.29 is 9.90 Å². The van der Waals surface area contributed by atoms with Crippen molar-refractivity contribution in [3.8, 4) is 0 Å². The van der Waals surface area contributed by atoms with E-state index in [2.05, 4.69) is 0 Å². The maximum absolute atomic E-state index is 10.8. The molecule has 0 saturated heterocycles. The average molecular weight is 211 g/mol. The highest BCUT2D eigenvalue weighted by atomic mass is 35.5. The number of carboxylic acid groups (broad SMARTS) is 1. The molecule has 1 aromatic rings. The van der Waals surface area contributed by atoms with E-state index in [1.165, 1.54) is 0 Å². The highest BCUT2D eigenvalue weighted by Crippen LogP contribution is 2.54. The van der Waals surface area contributed by atoms with Gasteiger partial charge in [-0.2, -0.15) is 0 Å². The maximum Gasteiger partial charge on any atom is 0.307 e. The smallest absolute Gasteiger partial charge is 0.307 e. The van der Waals surface area contributed by atoms with Gasteiger partial charge in [0.05, 0.1) is 5.92 Å². The van der Waals surface area contributed by atoms with E-state index >= 15 is 0 Å². The summed E-state index contributed by atoms with van der Waals surface area (Å²) < 4.78 is 0. The summed E-state index contributed by atoms with van der Waals surface area (Å²) in [5.41, 5.74) is 0.880. The molecule has 2 nitrogen and oxygen atoms in total. The molecule has 1 aliphatic carbocycles. The number of rotatable bonds is 2. The summed E-state index contributed by atoms with van der Waals surface area (Å²) in [6, 6.07) is 7.43. The van der Waals surface area contributed by atoms with E-state index in [-0.39, 0.29) is 11.3 Å². The van der Waals surface area contributed by atoms with Gasteiger partial charge in [-0.3, -0.25) is 4.79 Å². The molecule has 2 atom stereocenters. The van der Waals surface area contributed by atoms with Gasteiger partial charge in [-0.1, -0.05) is 30.7 Å². The van der Waals surface area contributed by atoms with Crippen molar-refractivity contribution >= 4 is 17.6 Å². The molecule has 1 saturated carbocycles. The summed E-state index contributed by atoms with van der Waals surface area (Å²) in [4.78, 5) is 10.8. The van der Waals surface area contributed by atoms with E-state index in [4.69, 9.17) is 16.7 Å². The summed E-state index contributed by atoms with van der Waals surface area (Å²) in [5, 5.41) is 9.56. The number of hydrogen-bond acceptors (Lipinski definition) is 1. The molecule has 0 aliphatic heterocycles. The SMILES string of the molecule is CC1(c2ccc(Cl)cc2)CC1C(=O)O. The molecule has 1 N–H and O–H groups in total. The van der Waals surface area contributed by atoms with Gasteiger partial charge in [-0.15, -0.1) is 0 Å². The van der Waals surface area contributed by atoms with Crippen LogP contribution < -0.4 is 0 Å². The second kappa shape index (κ2) is 2.99. The van der Waals surface area contributed by atoms with Crippen LogP contribution in [0.5, 0.6) is 0 Å². The van der Waals surface area contributed by atoms with Gasteiger partial charge in [-0.05, 0) is 24.1 Å². The Hall–Kier alpha value is -1.02. The number of carboxylic acids is 1. The predicted octanol–water partition coefficient (Wildman–Crippen LogP) is 2.70. The minimum Gasteiger partial charge on any atom is -0.481 e. The molecule has 0 amide bonds. The van der Waals surface area contributed by atoms with Crippen LogP contribution in [-0.2, 0) is 10.2 Å². The Kier molecular flexibility index (Phi) is 2.04. The number of carbonyl (C=O) groups is 1. The molecule has 1 fully saturated rings. The van der Waals surface area contributed by atoms with Crippen LogP contribution in [0.25, 0.3) is 0 Å². The third kappa shape index (κ3) is 1.40. The fraction of sp³-hybridized carbons (Fsp3) is 0.364. The summed E-state index contributed by atoms with van der Waals surface area (Å²) >= 11 is 5.76. The predicted molar refractivity (Wildman–Crippen MR) is 54.5 cm³/mol. The number of benzene rings is 1. The minimum absolute atomic E-state index is 0.184. The normalized spacial score (nSPS) is 30.0. The monoisotopic (exact) mass is 210 g/mol. The molecular weight excluding hydrogens is 200 g/mol. The first kappa shape index (κ1) is 9.53. The lowest BCUT2D eigenvalue weighted by Crippen LogP contribution is -2.10. The Morgan fingerprint density at radius 1 is 1.50 bits per heavy atom. The average Bonchev–Trinajstić information content (AvgIpc) is 2.80. The van der Waals surface area contributed by atoms with Gasteiger partial charge in [-0.25, -0.2) is 0 Å². The zero-order valence-corrected chi connectivity index (χ0v) is 8.58. The summed E-state index contributed by atoms with van der Waals surface area (Å²) in [7, 11) is 0. The van der Waals surface area contributed by atoms with Crippen molar-refractivity contribution in [1.82, 2.24) is 0 Å². The second-order valence-electron chi connectivity index (χ2n) is 4.02. The lowest BCUT2D eigenvalue weighted by atomic mass is 9.96. The third-order valence-electron chi connectivity index (χ3n) is 3.04. The topological polar surface area (TPSA) is 37.3 Å². The third-order valence-corrected chi connectivity index (χ3v) is 3.29. The van der Waals surface area contributed by atoms with Gasteiger partial charge in [0.25, 0.3) is 0 Å². The van der Waals surface area contributed by atoms with Crippen LogP contribution in [0, 0.1) is 5.92 Å². The van der Waals surface area contributed by atoms with Crippen LogP contribution >= 0.6 is 11.6 Å². The number of halogens is 1. The summed E-state index contributed by atoms with van der Waals surface area (Å²) in [5.74, 6) is -0.939. The summed E-state index contributed by atoms with van der Waals surface area (Å²) in [6.07, 6.45) is 0.726. The molecule has 2 unspecified atom stereocenters. The zero-order valence-electron chi connectivity index (χ0n) is 7.83. The molecule has 0 bridgehead atoms. The molecule has 0 radical (unpaired) electrons. The van der Waals surface area contributed by atoms with Crippen molar-refractivity contribution in [2.24, 2.45) is 5.92 Å². The Morgan fingerprint density at radius 3 is 2.50 bits per heavy atom. The van der Waals surface area contributed by atoms with Gasteiger partial charge in [0.1, 0.15) is 0 Å². The van der Waals surface area contributed by atoms with Crippen molar-refractivity contribution in [2.45, 2.75) is 18.8 Å². The Balaban J connectivity index is 2.25. The van der Waals surface area contributed by atoms with Crippen molar-refractivity contribution in [1.29, 1.82) is 0 Å². The van der Waals surface area contributed by atoms with E-state index in [9.17, 15) is 4.79 Å². The van der Waals surface area contributed by atoms with Gasteiger partial charge < -0.3 is 5.11 Å². The first-order valence-electron chi connectivity index (χ1n) is 4.53. The highest BCUT2D eigenvalue weighted by molar-refractivity contribution is 6.30. The first-order chi connectivity index (χ1) is 6.54. The molecule has 1 aromatic carbocycles. The van der Waals surface area contributed by atoms with Gasteiger partial charge in [0.15, 0.2) is 0 Å². The van der Waals surface area contributed by atoms with E-state index in [0.717, 1.165) is 12.0 Å². The van der Waals surface area contributed by atoms with Crippen LogP contribution in [0.4, 0.5) is 0 Å². The number of hydrogen-bond donors (Lipinski definition) is 1. The van der Waals surface area contributed by atoms with E-state index in [0.29, 0.717) is 5.02 Å². The molecule has 74 valence electrons. The molecular formula is C11H11ClO2. The van der Waals surface area contributed by atoms with Crippen LogP contribution in [-0.4, -0.2) is 11.1 Å². The lowest BCUT2D eigenvalue weighted by molar-refractivity contribution is -0.138. The Morgan fingerprint density at radius 2 is 2.07 bits per heavy atom. The van der Waals surface area contributed by atoms with Gasteiger partial charge in [0.2, 0.25) is 0 Å². The van der Waals surface area contributed by atoms with Crippen molar-refractivity contribution in [2.75, 3.05) is 0 Å². The van der Waals surface area contributed by atoms with Gasteiger partial charge in [0, 0.05) is 10.4 Å². The van der Waals surface area contributed by atoms with Crippen LogP contribution in [0.3, 0.4) is 0 Å². The summed E-state index contributed by atoms with van der Waals surface area (Å²) in [6.45, 7) is 1.98. The molecule has 0 heterocycles. The fourth-order valence-corrected chi connectivity index (χ4v) is 2.00. The zero-order chi connectivity index (χ0) is 10.3. The van der Waals surface area contributed by atoms with Crippen LogP contribution in [0.2, 0.25) is 5.02 Å². The molecule has 0 aromatic heterocycles. The molecule has 14 heavy (non-hydrogen) atoms. The first-order valence-corrected chi connectivity index (χ1v) is 4.91. The van der Waals surface area contributed by atoms with Gasteiger partial charge >= 0.3 is 5.97 Å². The highest BCUT2D eigenvalue weighted by Gasteiger charge is 2.55. The molecule has 0 spiro atoms. The fourth-order valence-electron chi connectivity index (χ4n) is 1.87. The van der Waals surface area contributed by atoms with E-state index in [1.807, 2.05) is 19.1 Å². The van der Waals surface area contributed by atoms with Crippen molar-refractivity contribution in [3.63, 3.8) is 0 Å². The lowest BCUT2D eigenvalue weighted by Gasteiger charge is -2.09. The van der Waals surface area contributed by atoms with E-state index < -0.39 is 5.97 Å². The second-order valence-corrected chi connectivity index (χ2v) is 4.46. The van der Waals surface area contributed by atoms with Crippen molar-refractivity contribution in [3.05, 3.63) is 34.9 Å². The van der Waals surface area contributed by atoms with Crippen LogP contribution in [0.1, 0.15) is 18.9 Å². The largest absolute Gasteiger partial charge is 0.481 e. The maximum atomic E-state index is 10.8. The minimum atomic E-state index is -0.706.